The Bertz CT molecular complexity index is 916. The van der Waals surface area contributed by atoms with Gasteiger partial charge >= 0.3 is 0 Å². The molecule has 1 aromatic heterocycles. The zero-order valence-corrected chi connectivity index (χ0v) is 17.8. The lowest BCUT2D eigenvalue weighted by atomic mass is 9.74. The third-order valence-electron chi connectivity index (χ3n) is 7.32. The van der Waals surface area contributed by atoms with Crippen molar-refractivity contribution in [2.45, 2.75) is 44.7 Å². The van der Waals surface area contributed by atoms with Gasteiger partial charge in [-0.05, 0) is 62.1 Å². The van der Waals surface area contributed by atoms with Gasteiger partial charge in [-0.15, -0.1) is 0 Å². The Hall–Kier alpha value is -2.47. The van der Waals surface area contributed by atoms with Crippen LogP contribution in [0, 0.1) is 18.8 Å². The number of fused-ring (bicyclic) bond motifs is 4. The molecule has 158 valence electrons. The van der Waals surface area contributed by atoms with Crippen molar-refractivity contribution in [3.05, 3.63) is 53.6 Å². The normalized spacial score (nSPS) is 28.7. The van der Waals surface area contributed by atoms with Gasteiger partial charge in [0.15, 0.2) is 0 Å². The van der Waals surface area contributed by atoms with E-state index in [1.807, 2.05) is 6.92 Å². The smallest absolute Gasteiger partial charge is 0.257 e. The molecule has 3 fully saturated rings. The van der Waals surface area contributed by atoms with Crippen LogP contribution in [0.3, 0.4) is 0 Å². The van der Waals surface area contributed by atoms with Crippen molar-refractivity contribution in [3.63, 3.8) is 0 Å². The summed E-state index contributed by atoms with van der Waals surface area (Å²) in [6.07, 6.45) is 8.12. The zero-order chi connectivity index (χ0) is 20.7. The third kappa shape index (κ3) is 3.47. The van der Waals surface area contributed by atoms with Crippen molar-refractivity contribution in [1.82, 2.24) is 19.8 Å². The molecule has 0 radical (unpaired) electrons. The van der Waals surface area contributed by atoms with E-state index in [1.165, 1.54) is 37.6 Å². The Balaban J connectivity index is 1.35. The van der Waals surface area contributed by atoms with E-state index >= 15 is 0 Å². The van der Waals surface area contributed by atoms with E-state index < -0.39 is 0 Å². The van der Waals surface area contributed by atoms with Crippen LogP contribution in [0.15, 0.2) is 36.8 Å². The number of carbonyl (C=O) groups excluding carboxylic acids is 1. The number of hydrogen-bond acceptors (Lipinski definition) is 5. The van der Waals surface area contributed by atoms with Gasteiger partial charge in [-0.25, -0.2) is 9.97 Å². The quantitative estimate of drug-likeness (QED) is 0.781. The number of amides is 1. The molecule has 0 unspecified atom stereocenters. The molecule has 6 nitrogen and oxygen atoms in total. The average Bonchev–Trinajstić information content (AvgIpc) is 2.78. The van der Waals surface area contributed by atoms with Crippen LogP contribution in [0.4, 0.5) is 0 Å². The van der Waals surface area contributed by atoms with E-state index in [4.69, 9.17) is 4.74 Å². The fourth-order valence-corrected chi connectivity index (χ4v) is 5.93. The predicted octanol–water partition coefficient (Wildman–Crippen LogP) is 3.48. The molecule has 2 aromatic rings. The molecule has 0 N–H and O–H groups in total. The van der Waals surface area contributed by atoms with Crippen LogP contribution < -0.4 is 4.74 Å². The summed E-state index contributed by atoms with van der Waals surface area (Å²) >= 11 is 0. The van der Waals surface area contributed by atoms with E-state index in [1.54, 1.807) is 13.3 Å². The number of aromatic nitrogens is 2. The Labute approximate surface area is 178 Å². The monoisotopic (exact) mass is 406 g/mol. The van der Waals surface area contributed by atoms with Crippen LogP contribution in [0.1, 0.15) is 53.3 Å². The lowest BCUT2D eigenvalue weighted by Crippen LogP contribution is -2.60. The highest BCUT2D eigenvalue weighted by Gasteiger charge is 2.45. The summed E-state index contributed by atoms with van der Waals surface area (Å²) in [6, 6.07) is 9.65. The summed E-state index contributed by atoms with van der Waals surface area (Å²) in [7, 11) is 1.72. The molecule has 2 bridgehead atoms. The largest absolute Gasteiger partial charge is 0.497 e. The second kappa shape index (κ2) is 7.99. The van der Waals surface area contributed by atoms with Crippen molar-refractivity contribution < 1.29 is 9.53 Å². The highest BCUT2D eigenvalue weighted by Crippen LogP contribution is 2.44. The fourth-order valence-electron chi connectivity index (χ4n) is 5.93. The Morgan fingerprint density at radius 2 is 1.97 bits per heavy atom. The molecular weight excluding hydrogens is 376 g/mol. The van der Waals surface area contributed by atoms with E-state index in [-0.39, 0.29) is 5.91 Å². The van der Waals surface area contributed by atoms with E-state index in [0.29, 0.717) is 29.5 Å². The molecule has 4 heterocycles. The number of benzene rings is 1. The fraction of sp³-hybridized carbons (Fsp3) is 0.542. The maximum Gasteiger partial charge on any atom is 0.257 e. The van der Waals surface area contributed by atoms with Crippen molar-refractivity contribution in [3.8, 4) is 5.75 Å². The maximum atomic E-state index is 13.2. The van der Waals surface area contributed by atoms with Gasteiger partial charge in [0.1, 0.15) is 12.1 Å². The predicted molar refractivity (Wildman–Crippen MR) is 114 cm³/mol. The lowest BCUT2D eigenvalue weighted by Gasteiger charge is -2.55. The highest BCUT2D eigenvalue weighted by atomic mass is 16.5. The van der Waals surface area contributed by atoms with Gasteiger partial charge in [0.25, 0.3) is 5.91 Å². The molecular formula is C24H30N4O2. The van der Waals surface area contributed by atoms with Crippen LogP contribution in [-0.2, 0) is 0 Å². The van der Waals surface area contributed by atoms with E-state index in [2.05, 4.69) is 44.0 Å². The average molecular weight is 407 g/mol. The standard InChI is InChI=1S/C24H30N4O2/c1-16-21(11-25-15-26-16)24(29)27-12-17-10-19(14-27)23-5-3-4-22(28(23)13-17)18-6-8-20(30-2)9-7-18/h6-9,11,15,17,19,22-23H,3-5,10,12-14H2,1-2H3/t17-,19+,22+,23-/m0/s1. The molecule has 30 heavy (non-hydrogen) atoms. The van der Waals surface area contributed by atoms with Crippen LogP contribution in [0.5, 0.6) is 5.75 Å². The number of piperidine rings is 3. The van der Waals surface area contributed by atoms with Crippen LogP contribution in [-0.4, -0.2) is 58.5 Å². The van der Waals surface area contributed by atoms with Gasteiger partial charge in [0.05, 0.1) is 18.4 Å². The minimum Gasteiger partial charge on any atom is -0.497 e. The highest BCUT2D eigenvalue weighted by molar-refractivity contribution is 5.95. The molecule has 3 saturated heterocycles. The molecule has 1 amide bonds. The van der Waals surface area contributed by atoms with Gasteiger partial charge < -0.3 is 9.64 Å². The second-order valence-corrected chi connectivity index (χ2v) is 9.08. The topological polar surface area (TPSA) is 58.6 Å². The Morgan fingerprint density at radius 1 is 1.13 bits per heavy atom. The first kappa shape index (κ1) is 19.5. The number of rotatable bonds is 3. The van der Waals surface area contributed by atoms with Gasteiger partial charge in [-0.2, -0.15) is 0 Å². The number of ether oxygens (including phenoxy) is 1. The molecule has 0 spiro atoms. The van der Waals surface area contributed by atoms with E-state index in [0.717, 1.165) is 31.1 Å². The molecule has 4 atom stereocenters. The van der Waals surface area contributed by atoms with Gasteiger partial charge in [-0.1, -0.05) is 12.1 Å². The Morgan fingerprint density at radius 3 is 2.73 bits per heavy atom. The second-order valence-electron chi connectivity index (χ2n) is 9.08. The SMILES string of the molecule is COc1ccc([C@H]2CCC[C@H]3[C@@H]4C[C@@H](CN(C(=O)c5cncnc5C)C4)CN23)cc1. The number of aryl methyl sites for hydroxylation is 1. The van der Waals surface area contributed by atoms with Crippen LogP contribution in [0.2, 0.25) is 0 Å². The molecule has 5 rings (SSSR count). The van der Waals surface area contributed by atoms with Gasteiger partial charge in [0.2, 0.25) is 0 Å². The van der Waals surface area contributed by atoms with Crippen LogP contribution in [0.25, 0.3) is 0 Å². The molecule has 0 saturated carbocycles. The minimum absolute atomic E-state index is 0.0961. The first-order valence-electron chi connectivity index (χ1n) is 11.1. The summed E-state index contributed by atoms with van der Waals surface area (Å²) in [6.45, 7) is 4.65. The number of likely N-dealkylation sites (tertiary alicyclic amines) is 1. The first-order chi connectivity index (χ1) is 14.6. The van der Waals surface area contributed by atoms with Gasteiger partial charge in [0, 0.05) is 37.9 Å². The summed E-state index contributed by atoms with van der Waals surface area (Å²) in [4.78, 5) is 26.3. The zero-order valence-electron chi connectivity index (χ0n) is 17.8. The summed E-state index contributed by atoms with van der Waals surface area (Å²) < 4.78 is 5.34. The van der Waals surface area contributed by atoms with Gasteiger partial charge in [-0.3, -0.25) is 9.69 Å². The minimum atomic E-state index is 0.0961. The third-order valence-corrected chi connectivity index (χ3v) is 7.32. The Kier molecular flexibility index (Phi) is 5.19. The maximum absolute atomic E-state index is 13.2. The number of nitrogens with zero attached hydrogens (tertiary/aromatic N) is 4. The lowest BCUT2D eigenvalue weighted by molar-refractivity contribution is -0.0511. The van der Waals surface area contributed by atoms with Crippen molar-refractivity contribution in [2.24, 2.45) is 11.8 Å². The summed E-state index contributed by atoms with van der Waals surface area (Å²) in [5.74, 6) is 2.09. The summed E-state index contributed by atoms with van der Waals surface area (Å²) in [5, 5.41) is 0. The number of carbonyl (C=O) groups is 1. The summed E-state index contributed by atoms with van der Waals surface area (Å²) in [5.41, 5.74) is 2.81. The first-order valence-corrected chi connectivity index (χ1v) is 11.1. The molecule has 0 aliphatic carbocycles. The molecule has 3 aliphatic heterocycles. The number of methoxy groups -OCH3 is 1. The van der Waals surface area contributed by atoms with Crippen molar-refractivity contribution >= 4 is 5.91 Å². The molecule has 1 aromatic carbocycles. The molecule has 3 aliphatic rings. The molecule has 6 heteroatoms. The van der Waals surface area contributed by atoms with E-state index in [9.17, 15) is 4.79 Å². The van der Waals surface area contributed by atoms with Crippen molar-refractivity contribution in [2.75, 3.05) is 26.7 Å². The number of hydrogen-bond donors (Lipinski definition) is 0. The van der Waals surface area contributed by atoms with Crippen molar-refractivity contribution in [1.29, 1.82) is 0 Å². The van der Waals surface area contributed by atoms with Crippen LogP contribution >= 0.6 is 0 Å².